The van der Waals surface area contributed by atoms with Gasteiger partial charge in [0.2, 0.25) is 0 Å². The number of nitrogens with zero attached hydrogens (tertiary/aromatic N) is 2. The standard InChI is InChI=1S/C21H26INO4.C21H26INO3/c1-21(2,3)27-20(24)23(4)13-12-15-6-11-19(18(22)14-15)26-17-9-7-16(25-5)8-10-17;1-15-6-9-17(10-7-15)25-19-11-8-16(14-18(19)22)12-13-23(5)20(24)26-21(2,3)4/h6-11,14H,12-13H2,1-5H3;6-11,14H,12-13H2,1-5H3. The lowest BCUT2D eigenvalue weighted by Gasteiger charge is -2.24. The zero-order valence-electron chi connectivity index (χ0n) is 32.4. The zero-order valence-corrected chi connectivity index (χ0v) is 36.7. The molecule has 4 rings (SSSR count). The maximum Gasteiger partial charge on any atom is 0.410 e. The number of aryl methyl sites for hydroxylation is 1. The van der Waals surface area contributed by atoms with Crippen molar-refractivity contribution in [3.8, 4) is 28.7 Å². The summed E-state index contributed by atoms with van der Waals surface area (Å²) in [6, 6.07) is 27.6. The third kappa shape index (κ3) is 16.0. The summed E-state index contributed by atoms with van der Waals surface area (Å²) in [6.07, 6.45) is 0.897. The molecular formula is C42H52I2N2O7. The Hall–Kier alpha value is -3.72. The lowest BCUT2D eigenvalue weighted by Crippen LogP contribution is -2.35. The Balaban J connectivity index is 0.000000286. The molecule has 0 aliphatic rings. The molecule has 0 saturated heterocycles. The van der Waals surface area contributed by atoms with Gasteiger partial charge in [0.25, 0.3) is 0 Å². The maximum atomic E-state index is 12.0. The van der Waals surface area contributed by atoms with E-state index in [1.165, 1.54) is 5.56 Å². The molecule has 0 aliphatic carbocycles. The largest absolute Gasteiger partial charge is 0.497 e. The van der Waals surface area contributed by atoms with E-state index in [1.807, 2.05) is 114 Å². The first kappa shape index (κ1) is 43.7. The zero-order chi connectivity index (χ0) is 39.3. The average molecular weight is 951 g/mol. The maximum absolute atomic E-state index is 12.0. The molecule has 0 saturated carbocycles. The highest BCUT2D eigenvalue weighted by Gasteiger charge is 2.20. The summed E-state index contributed by atoms with van der Waals surface area (Å²) in [6.45, 7) is 14.4. The molecule has 0 N–H and O–H groups in total. The molecule has 0 unspecified atom stereocenters. The van der Waals surface area contributed by atoms with Crippen LogP contribution in [0.1, 0.15) is 58.2 Å². The minimum atomic E-state index is -0.485. The summed E-state index contributed by atoms with van der Waals surface area (Å²) >= 11 is 4.54. The Morgan fingerprint density at radius 3 is 1.28 bits per heavy atom. The second-order valence-electron chi connectivity index (χ2n) is 14.5. The van der Waals surface area contributed by atoms with Crippen LogP contribution in [-0.4, -0.2) is 67.5 Å². The first-order valence-corrected chi connectivity index (χ1v) is 19.5. The predicted octanol–water partition coefficient (Wildman–Crippen LogP) is 11.3. The molecule has 0 atom stereocenters. The predicted molar refractivity (Wildman–Crippen MR) is 228 cm³/mol. The summed E-state index contributed by atoms with van der Waals surface area (Å²) in [5, 5.41) is 0. The van der Waals surface area contributed by atoms with Gasteiger partial charge >= 0.3 is 12.2 Å². The quantitative estimate of drug-likeness (QED) is 0.138. The normalized spacial score (nSPS) is 11.1. The van der Waals surface area contributed by atoms with Gasteiger partial charge in [-0.25, -0.2) is 9.59 Å². The van der Waals surface area contributed by atoms with E-state index in [9.17, 15) is 9.59 Å². The Bertz CT molecular complexity index is 1780. The molecule has 0 aromatic heterocycles. The van der Waals surface area contributed by atoms with Gasteiger partial charge in [-0.1, -0.05) is 29.8 Å². The summed E-state index contributed by atoms with van der Waals surface area (Å²) in [7, 11) is 5.14. The summed E-state index contributed by atoms with van der Waals surface area (Å²) in [4.78, 5) is 27.2. The monoisotopic (exact) mass is 950 g/mol. The first-order valence-electron chi connectivity index (χ1n) is 17.3. The molecule has 0 bridgehead atoms. The number of benzene rings is 4. The van der Waals surface area contributed by atoms with Crippen molar-refractivity contribution in [1.82, 2.24) is 9.80 Å². The Labute approximate surface area is 342 Å². The van der Waals surface area contributed by atoms with Gasteiger partial charge in [-0.2, -0.15) is 0 Å². The number of hydrogen-bond acceptors (Lipinski definition) is 7. The van der Waals surface area contributed by atoms with Gasteiger partial charge in [0.05, 0.1) is 14.3 Å². The Morgan fingerprint density at radius 1 is 0.585 bits per heavy atom. The van der Waals surface area contributed by atoms with Gasteiger partial charge in [0.15, 0.2) is 0 Å². The molecule has 53 heavy (non-hydrogen) atoms. The smallest absolute Gasteiger partial charge is 0.410 e. The van der Waals surface area contributed by atoms with Gasteiger partial charge in [0.1, 0.15) is 39.9 Å². The van der Waals surface area contributed by atoms with Crippen molar-refractivity contribution in [2.24, 2.45) is 0 Å². The number of carbonyl (C=O) groups is 2. The van der Waals surface area contributed by atoms with E-state index < -0.39 is 11.2 Å². The number of ether oxygens (including phenoxy) is 5. The van der Waals surface area contributed by atoms with Crippen LogP contribution in [0.25, 0.3) is 0 Å². The highest BCUT2D eigenvalue weighted by Crippen LogP contribution is 2.30. The molecule has 0 heterocycles. The fourth-order valence-electron chi connectivity index (χ4n) is 4.53. The van der Waals surface area contributed by atoms with Crippen LogP contribution in [0.5, 0.6) is 28.7 Å². The van der Waals surface area contributed by atoms with Crippen LogP contribution >= 0.6 is 45.2 Å². The van der Waals surface area contributed by atoms with Gasteiger partial charge < -0.3 is 33.5 Å². The van der Waals surface area contributed by atoms with Crippen LogP contribution < -0.4 is 14.2 Å². The molecule has 0 aliphatic heterocycles. The molecule has 286 valence electrons. The number of halogens is 2. The lowest BCUT2D eigenvalue weighted by molar-refractivity contribution is 0.0290. The molecule has 4 aromatic carbocycles. The van der Waals surface area contributed by atoms with E-state index in [4.69, 9.17) is 23.7 Å². The second kappa shape index (κ2) is 20.1. The van der Waals surface area contributed by atoms with Gasteiger partial charge in [-0.15, -0.1) is 0 Å². The van der Waals surface area contributed by atoms with Crippen molar-refractivity contribution in [3.63, 3.8) is 0 Å². The Morgan fingerprint density at radius 2 is 0.943 bits per heavy atom. The van der Waals surface area contributed by atoms with E-state index >= 15 is 0 Å². The molecular weight excluding hydrogens is 898 g/mol. The molecule has 0 fully saturated rings. The van der Waals surface area contributed by atoms with Gasteiger partial charge in [-0.05, 0) is 178 Å². The summed E-state index contributed by atoms with van der Waals surface area (Å²) in [5.41, 5.74) is 2.53. The number of methoxy groups -OCH3 is 1. The highest BCUT2D eigenvalue weighted by molar-refractivity contribution is 14.1. The number of likely N-dealkylation sites (N-methyl/N-ethyl adjacent to an activating group) is 2. The van der Waals surface area contributed by atoms with Crippen molar-refractivity contribution in [2.45, 2.75) is 72.5 Å². The van der Waals surface area contributed by atoms with Gasteiger partial charge in [0, 0.05) is 27.2 Å². The molecule has 11 heteroatoms. The molecule has 9 nitrogen and oxygen atoms in total. The molecule has 2 amide bonds. The molecule has 0 radical (unpaired) electrons. The molecule has 0 spiro atoms. The minimum absolute atomic E-state index is 0.300. The van der Waals surface area contributed by atoms with Crippen molar-refractivity contribution < 1.29 is 33.3 Å². The highest BCUT2D eigenvalue weighted by atomic mass is 127. The number of hydrogen-bond donors (Lipinski definition) is 0. The van der Waals surface area contributed by atoms with Crippen LogP contribution in [0.3, 0.4) is 0 Å². The third-order valence-electron chi connectivity index (χ3n) is 7.41. The topological polar surface area (TPSA) is 86.8 Å². The van der Waals surface area contributed by atoms with E-state index in [1.54, 1.807) is 31.0 Å². The number of rotatable bonds is 11. The van der Waals surface area contributed by atoms with E-state index in [0.29, 0.717) is 13.1 Å². The van der Waals surface area contributed by atoms with Crippen LogP contribution in [0.2, 0.25) is 0 Å². The number of amides is 2. The van der Waals surface area contributed by atoms with Crippen LogP contribution in [-0.2, 0) is 22.3 Å². The van der Waals surface area contributed by atoms with Crippen LogP contribution in [0.15, 0.2) is 84.9 Å². The first-order chi connectivity index (χ1) is 24.8. The Kier molecular flexibility index (Phi) is 16.6. The van der Waals surface area contributed by atoms with Gasteiger partial charge in [-0.3, -0.25) is 0 Å². The SMILES string of the molecule is COc1ccc(Oc2ccc(CCN(C)C(=O)OC(C)(C)C)cc2I)cc1.Cc1ccc(Oc2ccc(CCN(C)C(=O)OC(C)(C)C)cc2I)cc1. The van der Waals surface area contributed by atoms with Crippen molar-refractivity contribution in [1.29, 1.82) is 0 Å². The average Bonchev–Trinajstić information content (AvgIpc) is 3.08. The summed E-state index contributed by atoms with van der Waals surface area (Å²) in [5.74, 6) is 4.00. The van der Waals surface area contributed by atoms with Crippen LogP contribution in [0, 0.1) is 14.1 Å². The summed E-state index contributed by atoms with van der Waals surface area (Å²) < 4.78 is 29.8. The third-order valence-corrected chi connectivity index (χ3v) is 9.10. The van der Waals surface area contributed by atoms with Crippen molar-refractivity contribution in [3.05, 3.63) is 109 Å². The van der Waals surface area contributed by atoms with E-state index in [2.05, 4.69) is 64.2 Å². The fraction of sp³-hybridized carbons (Fsp3) is 0.381. The van der Waals surface area contributed by atoms with Crippen molar-refractivity contribution in [2.75, 3.05) is 34.3 Å². The minimum Gasteiger partial charge on any atom is -0.497 e. The van der Waals surface area contributed by atoms with E-state index in [0.717, 1.165) is 59.9 Å². The fourth-order valence-corrected chi connectivity index (χ4v) is 5.90. The molecule has 4 aromatic rings. The van der Waals surface area contributed by atoms with Crippen molar-refractivity contribution >= 4 is 57.4 Å². The van der Waals surface area contributed by atoms with E-state index in [-0.39, 0.29) is 12.2 Å². The van der Waals surface area contributed by atoms with Crippen LogP contribution in [0.4, 0.5) is 9.59 Å². The lowest BCUT2D eigenvalue weighted by atomic mass is 10.1. The number of carbonyl (C=O) groups excluding carboxylic acids is 2. The second-order valence-corrected chi connectivity index (χ2v) is 16.9.